The van der Waals surface area contributed by atoms with Crippen molar-refractivity contribution in [1.82, 2.24) is 5.32 Å². The van der Waals surface area contributed by atoms with Crippen molar-refractivity contribution < 1.29 is 4.74 Å². The van der Waals surface area contributed by atoms with E-state index in [1.54, 1.807) is 7.11 Å². The van der Waals surface area contributed by atoms with E-state index in [-0.39, 0.29) is 5.54 Å². The van der Waals surface area contributed by atoms with Crippen molar-refractivity contribution in [1.29, 1.82) is 0 Å². The number of rotatable bonds is 4. The Balaban J connectivity index is 2.87. The minimum absolute atomic E-state index is 0.106. The number of benzene rings is 1. The molecule has 0 amide bonds. The molecule has 0 bridgehead atoms. The molecule has 1 aromatic rings. The van der Waals surface area contributed by atoms with Crippen LogP contribution in [0.15, 0.2) is 24.3 Å². The third-order valence-electron chi connectivity index (χ3n) is 3.34. The highest BCUT2D eigenvalue weighted by molar-refractivity contribution is 5.30. The van der Waals surface area contributed by atoms with Crippen molar-refractivity contribution >= 4 is 0 Å². The van der Waals surface area contributed by atoms with Crippen molar-refractivity contribution in [2.75, 3.05) is 14.2 Å². The quantitative estimate of drug-likeness (QED) is 0.819. The average Bonchev–Trinajstić information content (AvgIpc) is 2.28. The fraction of sp³-hybridized carbons (Fsp3) is 0.538. The molecule has 1 atom stereocenters. The summed E-state index contributed by atoms with van der Waals surface area (Å²) >= 11 is 0. The minimum atomic E-state index is 0.106. The Bertz CT molecular complexity index is 303. The Labute approximate surface area is 92.6 Å². The molecule has 0 spiro atoms. The van der Waals surface area contributed by atoms with Gasteiger partial charge in [-0.05, 0) is 44.5 Å². The van der Waals surface area contributed by atoms with Gasteiger partial charge in [-0.15, -0.1) is 0 Å². The zero-order valence-electron chi connectivity index (χ0n) is 10.3. The summed E-state index contributed by atoms with van der Waals surface area (Å²) in [4.78, 5) is 0. The summed E-state index contributed by atoms with van der Waals surface area (Å²) in [7, 11) is 3.69. The lowest BCUT2D eigenvalue weighted by Gasteiger charge is -2.32. The SMILES string of the molecule is CNC(C)(C)C(C)c1ccc(OC)cc1. The lowest BCUT2D eigenvalue weighted by Crippen LogP contribution is -2.41. The molecule has 1 aromatic carbocycles. The van der Waals surface area contributed by atoms with Crippen LogP contribution in [0.4, 0.5) is 0 Å². The fourth-order valence-corrected chi connectivity index (χ4v) is 1.53. The van der Waals surface area contributed by atoms with E-state index in [9.17, 15) is 0 Å². The van der Waals surface area contributed by atoms with Crippen LogP contribution in [0.3, 0.4) is 0 Å². The average molecular weight is 207 g/mol. The first-order chi connectivity index (χ1) is 7.01. The van der Waals surface area contributed by atoms with Gasteiger partial charge in [-0.3, -0.25) is 0 Å². The van der Waals surface area contributed by atoms with Crippen molar-refractivity contribution in [3.63, 3.8) is 0 Å². The first-order valence-corrected chi connectivity index (χ1v) is 5.34. The van der Waals surface area contributed by atoms with Crippen LogP contribution in [0.2, 0.25) is 0 Å². The summed E-state index contributed by atoms with van der Waals surface area (Å²) in [5.74, 6) is 1.38. The van der Waals surface area contributed by atoms with Crippen LogP contribution in [-0.2, 0) is 0 Å². The molecule has 0 saturated carbocycles. The van der Waals surface area contributed by atoms with E-state index in [2.05, 4.69) is 38.2 Å². The largest absolute Gasteiger partial charge is 0.497 e. The third kappa shape index (κ3) is 2.72. The molecule has 0 aliphatic carbocycles. The summed E-state index contributed by atoms with van der Waals surface area (Å²) in [6, 6.07) is 8.28. The molecule has 0 fully saturated rings. The second-order valence-corrected chi connectivity index (χ2v) is 4.47. The summed E-state index contributed by atoms with van der Waals surface area (Å²) < 4.78 is 5.15. The van der Waals surface area contributed by atoms with Crippen LogP contribution < -0.4 is 10.1 Å². The summed E-state index contributed by atoms with van der Waals surface area (Å²) in [5, 5.41) is 3.34. The predicted octanol–water partition coefficient (Wildman–Crippen LogP) is 2.80. The predicted molar refractivity (Wildman–Crippen MR) is 64.5 cm³/mol. The molecule has 2 heteroatoms. The molecule has 0 radical (unpaired) electrons. The third-order valence-corrected chi connectivity index (χ3v) is 3.34. The highest BCUT2D eigenvalue weighted by atomic mass is 16.5. The van der Waals surface area contributed by atoms with Crippen LogP contribution in [0, 0.1) is 0 Å². The first kappa shape index (κ1) is 12.1. The van der Waals surface area contributed by atoms with Crippen LogP contribution in [0.25, 0.3) is 0 Å². The van der Waals surface area contributed by atoms with E-state index < -0.39 is 0 Å². The van der Waals surface area contributed by atoms with E-state index in [0.29, 0.717) is 5.92 Å². The molecule has 84 valence electrons. The molecule has 1 N–H and O–H groups in total. The highest BCUT2D eigenvalue weighted by Gasteiger charge is 2.24. The number of ether oxygens (including phenoxy) is 1. The molecule has 0 saturated heterocycles. The molecular formula is C13H21NO. The smallest absolute Gasteiger partial charge is 0.118 e. The van der Waals surface area contributed by atoms with Gasteiger partial charge < -0.3 is 10.1 Å². The monoisotopic (exact) mass is 207 g/mol. The van der Waals surface area contributed by atoms with Gasteiger partial charge in [0.05, 0.1) is 7.11 Å². The molecule has 0 aliphatic rings. The number of nitrogens with one attached hydrogen (secondary N) is 1. The van der Waals surface area contributed by atoms with Gasteiger partial charge >= 0.3 is 0 Å². The molecule has 0 heterocycles. The van der Waals surface area contributed by atoms with E-state index >= 15 is 0 Å². The van der Waals surface area contributed by atoms with Crippen molar-refractivity contribution in [3.8, 4) is 5.75 Å². The standard InChI is InChI=1S/C13H21NO/c1-10(13(2,3)14-4)11-6-8-12(15-5)9-7-11/h6-10,14H,1-5H3. The lowest BCUT2D eigenvalue weighted by molar-refractivity contribution is 0.359. The van der Waals surface area contributed by atoms with Crippen molar-refractivity contribution in [3.05, 3.63) is 29.8 Å². The maximum absolute atomic E-state index is 5.15. The van der Waals surface area contributed by atoms with Gasteiger partial charge in [0.1, 0.15) is 5.75 Å². The maximum Gasteiger partial charge on any atom is 0.118 e. The number of methoxy groups -OCH3 is 1. The number of likely N-dealkylation sites (N-methyl/N-ethyl adjacent to an activating group) is 1. The van der Waals surface area contributed by atoms with Crippen molar-refractivity contribution in [2.24, 2.45) is 0 Å². The minimum Gasteiger partial charge on any atom is -0.497 e. The van der Waals surface area contributed by atoms with Crippen molar-refractivity contribution in [2.45, 2.75) is 32.2 Å². The summed E-state index contributed by atoms with van der Waals surface area (Å²) in [5.41, 5.74) is 1.43. The Morgan fingerprint density at radius 3 is 2.13 bits per heavy atom. The number of hydrogen-bond acceptors (Lipinski definition) is 2. The molecule has 15 heavy (non-hydrogen) atoms. The van der Waals surface area contributed by atoms with Crippen LogP contribution in [0.5, 0.6) is 5.75 Å². The van der Waals surface area contributed by atoms with E-state index in [1.807, 2.05) is 19.2 Å². The molecule has 1 rings (SSSR count). The van der Waals surface area contributed by atoms with Gasteiger partial charge in [0, 0.05) is 5.54 Å². The van der Waals surface area contributed by atoms with Gasteiger partial charge in [-0.25, -0.2) is 0 Å². The second-order valence-electron chi connectivity index (χ2n) is 4.47. The van der Waals surface area contributed by atoms with E-state index in [0.717, 1.165) is 5.75 Å². The zero-order chi connectivity index (χ0) is 11.5. The molecular weight excluding hydrogens is 186 g/mol. The highest BCUT2D eigenvalue weighted by Crippen LogP contribution is 2.28. The maximum atomic E-state index is 5.15. The van der Waals surface area contributed by atoms with Gasteiger partial charge in [0.15, 0.2) is 0 Å². The molecule has 2 nitrogen and oxygen atoms in total. The Morgan fingerprint density at radius 1 is 1.20 bits per heavy atom. The van der Waals surface area contributed by atoms with Crippen LogP contribution in [0.1, 0.15) is 32.3 Å². The zero-order valence-corrected chi connectivity index (χ0v) is 10.3. The van der Waals surface area contributed by atoms with Gasteiger partial charge in [-0.2, -0.15) is 0 Å². The molecule has 0 aromatic heterocycles. The topological polar surface area (TPSA) is 21.3 Å². The summed E-state index contributed by atoms with van der Waals surface area (Å²) in [6.45, 7) is 6.65. The fourth-order valence-electron chi connectivity index (χ4n) is 1.53. The molecule has 0 aliphatic heterocycles. The van der Waals surface area contributed by atoms with Crippen LogP contribution in [-0.4, -0.2) is 19.7 Å². The van der Waals surface area contributed by atoms with E-state index in [4.69, 9.17) is 4.74 Å². The number of hydrogen-bond donors (Lipinski definition) is 1. The normalized spacial score (nSPS) is 13.7. The van der Waals surface area contributed by atoms with Gasteiger partial charge in [-0.1, -0.05) is 19.1 Å². The second kappa shape index (κ2) is 4.67. The lowest BCUT2D eigenvalue weighted by atomic mass is 9.83. The van der Waals surface area contributed by atoms with Gasteiger partial charge in [0.25, 0.3) is 0 Å². The van der Waals surface area contributed by atoms with Gasteiger partial charge in [0.2, 0.25) is 0 Å². The first-order valence-electron chi connectivity index (χ1n) is 5.34. The Hall–Kier alpha value is -1.02. The Kier molecular flexibility index (Phi) is 3.75. The molecule has 1 unspecified atom stereocenters. The summed E-state index contributed by atoms with van der Waals surface area (Å²) in [6.07, 6.45) is 0. The van der Waals surface area contributed by atoms with Crippen LogP contribution >= 0.6 is 0 Å². The Morgan fingerprint density at radius 2 is 1.73 bits per heavy atom. The van der Waals surface area contributed by atoms with E-state index in [1.165, 1.54) is 5.56 Å².